The van der Waals surface area contributed by atoms with E-state index in [1.54, 1.807) is 7.11 Å². The molecular formula is C15H21NO. The highest BCUT2D eigenvalue weighted by atomic mass is 16.5. The monoisotopic (exact) mass is 231 g/mol. The zero-order valence-corrected chi connectivity index (χ0v) is 10.9. The van der Waals surface area contributed by atoms with E-state index in [2.05, 4.69) is 37.4 Å². The smallest absolute Gasteiger partial charge is 0.119 e. The molecule has 0 aromatic heterocycles. The van der Waals surface area contributed by atoms with Crippen molar-refractivity contribution in [3.8, 4) is 5.75 Å². The van der Waals surface area contributed by atoms with Crippen molar-refractivity contribution < 1.29 is 4.74 Å². The van der Waals surface area contributed by atoms with Crippen LogP contribution in [0.4, 0.5) is 0 Å². The summed E-state index contributed by atoms with van der Waals surface area (Å²) < 4.78 is 5.39. The quantitative estimate of drug-likeness (QED) is 0.811. The Morgan fingerprint density at radius 2 is 2.12 bits per heavy atom. The molecule has 1 aliphatic heterocycles. The predicted molar refractivity (Wildman–Crippen MR) is 69.7 cm³/mol. The minimum Gasteiger partial charge on any atom is -0.497 e. The van der Waals surface area contributed by atoms with Gasteiger partial charge in [0.05, 0.1) is 7.11 Å². The molecule has 1 N–H and O–H groups in total. The van der Waals surface area contributed by atoms with E-state index >= 15 is 0 Å². The summed E-state index contributed by atoms with van der Waals surface area (Å²) >= 11 is 0. The van der Waals surface area contributed by atoms with Crippen LogP contribution in [-0.4, -0.2) is 19.2 Å². The maximum atomic E-state index is 5.39. The summed E-state index contributed by atoms with van der Waals surface area (Å²) in [5.41, 5.74) is 3.36. The Labute approximate surface area is 103 Å². The van der Waals surface area contributed by atoms with Gasteiger partial charge in [-0.15, -0.1) is 0 Å². The largest absolute Gasteiger partial charge is 0.497 e. The molecule has 1 aliphatic carbocycles. The molecule has 1 aromatic carbocycles. The van der Waals surface area contributed by atoms with Gasteiger partial charge in [-0.25, -0.2) is 0 Å². The van der Waals surface area contributed by atoms with Gasteiger partial charge in [-0.05, 0) is 42.5 Å². The first-order valence-corrected chi connectivity index (χ1v) is 6.68. The van der Waals surface area contributed by atoms with Crippen molar-refractivity contribution in [1.29, 1.82) is 0 Å². The molecule has 1 aromatic rings. The van der Waals surface area contributed by atoms with E-state index in [1.807, 2.05) is 0 Å². The molecule has 2 atom stereocenters. The molecule has 1 heterocycles. The lowest BCUT2D eigenvalue weighted by molar-refractivity contribution is 0.360. The van der Waals surface area contributed by atoms with E-state index < -0.39 is 0 Å². The summed E-state index contributed by atoms with van der Waals surface area (Å²) in [6.45, 7) is 4.63. The fourth-order valence-corrected chi connectivity index (χ4v) is 3.70. The number of benzene rings is 1. The number of ether oxygens (including phenoxy) is 1. The van der Waals surface area contributed by atoms with Crippen molar-refractivity contribution in [2.24, 2.45) is 0 Å². The summed E-state index contributed by atoms with van der Waals surface area (Å²) in [6.07, 6.45) is 3.60. The summed E-state index contributed by atoms with van der Waals surface area (Å²) in [5.74, 6) is 0.995. The number of fused-ring (bicyclic) bond motifs is 2. The van der Waals surface area contributed by atoms with Crippen molar-refractivity contribution in [2.45, 2.75) is 50.6 Å². The average Bonchev–Trinajstić information content (AvgIpc) is 3.15. The lowest BCUT2D eigenvalue weighted by Crippen LogP contribution is -2.37. The normalized spacial score (nSPS) is 28.2. The molecule has 92 valence electrons. The Bertz CT molecular complexity index is 437. The van der Waals surface area contributed by atoms with Crippen LogP contribution in [0, 0.1) is 0 Å². The topological polar surface area (TPSA) is 31.2 Å². The van der Waals surface area contributed by atoms with Crippen LogP contribution in [-0.2, 0) is 11.8 Å². The van der Waals surface area contributed by atoms with Crippen LogP contribution in [0.25, 0.3) is 0 Å². The first-order valence-electron chi connectivity index (χ1n) is 6.68. The van der Waals surface area contributed by atoms with Crippen molar-refractivity contribution in [3.05, 3.63) is 29.3 Å². The van der Waals surface area contributed by atoms with E-state index in [0.29, 0.717) is 11.5 Å². The van der Waals surface area contributed by atoms with Gasteiger partial charge in [-0.3, -0.25) is 0 Å². The van der Waals surface area contributed by atoms with Crippen molar-refractivity contribution in [2.75, 3.05) is 7.11 Å². The van der Waals surface area contributed by atoms with Gasteiger partial charge in [-0.1, -0.05) is 19.9 Å². The Kier molecular flexibility index (Phi) is 2.44. The Hall–Kier alpha value is -1.02. The highest BCUT2D eigenvalue weighted by Gasteiger charge is 2.55. The number of methoxy groups -OCH3 is 1. The van der Waals surface area contributed by atoms with Crippen LogP contribution in [0.15, 0.2) is 18.2 Å². The van der Waals surface area contributed by atoms with E-state index in [0.717, 1.165) is 11.8 Å². The van der Waals surface area contributed by atoms with Gasteiger partial charge in [0.15, 0.2) is 0 Å². The van der Waals surface area contributed by atoms with Crippen molar-refractivity contribution in [3.63, 3.8) is 0 Å². The fraction of sp³-hybridized carbons (Fsp3) is 0.600. The van der Waals surface area contributed by atoms with Gasteiger partial charge in [-0.2, -0.15) is 0 Å². The van der Waals surface area contributed by atoms with Gasteiger partial charge >= 0.3 is 0 Å². The first-order chi connectivity index (χ1) is 8.25. The summed E-state index contributed by atoms with van der Waals surface area (Å²) in [4.78, 5) is 0. The lowest BCUT2D eigenvalue weighted by atomic mass is 9.66. The van der Waals surface area contributed by atoms with Crippen molar-refractivity contribution in [1.82, 2.24) is 5.32 Å². The summed E-state index contributed by atoms with van der Waals surface area (Å²) in [7, 11) is 1.75. The van der Waals surface area contributed by atoms with Crippen LogP contribution < -0.4 is 10.1 Å². The van der Waals surface area contributed by atoms with Crippen LogP contribution in [0.5, 0.6) is 5.75 Å². The van der Waals surface area contributed by atoms with Gasteiger partial charge in [0.2, 0.25) is 0 Å². The molecule has 2 aliphatic rings. The second kappa shape index (κ2) is 3.74. The average molecular weight is 231 g/mol. The maximum Gasteiger partial charge on any atom is 0.119 e. The zero-order valence-electron chi connectivity index (χ0n) is 10.9. The predicted octanol–water partition coefficient (Wildman–Crippen LogP) is 2.65. The van der Waals surface area contributed by atoms with Gasteiger partial charge in [0.1, 0.15) is 5.75 Å². The molecule has 17 heavy (non-hydrogen) atoms. The molecule has 0 unspecified atom stereocenters. The van der Waals surface area contributed by atoms with Crippen molar-refractivity contribution >= 4 is 0 Å². The molecule has 2 nitrogen and oxygen atoms in total. The van der Waals surface area contributed by atoms with Gasteiger partial charge in [0.25, 0.3) is 0 Å². The number of hydrogen-bond acceptors (Lipinski definition) is 2. The number of nitrogens with one attached hydrogen (secondary N) is 1. The van der Waals surface area contributed by atoms with Crippen LogP contribution >= 0.6 is 0 Å². The Morgan fingerprint density at radius 3 is 2.76 bits per heavy atom. The highest BCUT2D eigenvalue weighted by Crippen LogP contribution is 2.48. The molecular weight excluding hydrogens is 210 g/mol. The standard InChI is InChI=1S/C15H21NO/c1-4-15(5-2)12-9-11(17-3)7-6-10(12)8-13-14(15)16-13/h6-7,9,13-14,16H,4-5,8H2,1-3H3/t13-,14+/m1/s1. The van der Waals surface area contributed by atoms with E-state index in [-0.39, 0.29) is 0 Å². The van der Waals surface area contributed by atoms with Gasteiger partial charge < -0.3 is 10.1 Å². The Balaban J connectivity index is 2.13. The minimum absolute atomic E-state index is 0.326. The zero-order chi connectivity index (χ0) is 12.0. The summed E-state index contributed by atoms with van der Waals surface area (Å²) in [5, 5.41) is 3.67. The van der Waals surface area contributed by atoms with E-state index in [9.17, 15) is 0 Å². The molecule has 2 heteroatoms. The van der Waals surface area contributed by atoms with Gasteiger partial charge in [0, 0.05) is 17.5 Å². The van der Waals surface area contributed by atoms with Crippen LogP contribution in [0.3, 0.4) is 0 Å². The third-order valence-electron chi connectivity index (χ3n) is 4.84. The van der Waals surface area contributed by atoms with E-state index in [4.69, 9.17) is 4.74 Å². The molecule has 0 radical (unpaired) electrons. The summed E-state index contributed by atoms with van der Waals surface area (Å²) in [6, 6.07) is 8.02. The molecule has 1 fully saturated rings. The fourth-order valence-electron chi connectivity index (χ4n) is 3.70. The SMILES string of the molecule is CCC1(CC)c2cc(OC)ccc2C[C@H]2N[C@@H]21. The second-order valence-corrected chi connectivity index (χ2v) is 5.34. The molecule has 0 saturated carbocycles. The third-order valence-corrected chi connectivity index (χ3v) is 4.84. The van der Waals surface area contributed by atoms with Crippen LogP contribution in [0.1, 0.15) is 37.8 Å². The van der Waals surface area contributed by atoms with Crippen LogP contribution in [0.2, 0.25) is 0 Å². The molecule has 0 bridgehead atoms. The third kappa shape index (κ3) is 1.43. The van der Waals surface area contributed by atoms with E-state index in [1.165, 1.54) is 30.4 Å². The highest BCUT2D eigenvalue weighted by molar-refractivity contribution is 5.47. The maximum absolute atomic E-state index is 5.39. The lowest BCUT2D eigenvalue weighted by Gasteiger charge is -2.37. The Morgan fingerprint density at radius 1 is 1.35 bits per heavy atom. The second-order valence-electron chi connectivity index (χ2n) is 5.34. The number of rotatable bonds is 3. The minimum atomic E-state index is 0.326. The molecule has 0 amide bonds. The number of hydrogen-bond donors (Lipinski definition) is 1. The molecule has 0 spiro atoms. The first kappa shape index (κ1) is 11.1. The molecule has 1 saturated heterocycles. The molecule has 3 rings (SSSR count).